The van der Waals surface area contributed by atoms with E-state index in [1.165, 1.54) is 17.7 Å². The molecule has 2 aliphatic heterocycles. The van der Waals surface area contributed by atoms with Crippen molar-refractivity contribution in [1.29, 1.82) is 0 Å². The molecule has 0 radical (unpaired) electrons. The van der Waals surface area contributed by atoms with Crippen LogP contribution in [0.1, 0.15) is 91.5 Å². The Hall–Kier alpha value is -6.22. The van der Waals surface area contributed by atoms with Crippen LogP contribution in [0.2, 0.25) is 0 Å². The smallest absolute Gasteiger partial charge is 0.269 e. The van der Waals surface area contributed by atoms with Crippen LogP contribution in [-0.4, -0.2) is 70.1 Å². The minimum absolute atomic E-state index is 0.00639. The molecule has 0 saturated heterocycles. The summed E-state index contributed by atoms with van der Waals surface area (Å²) in [6.45, 7) is 8.89. The lowest BCUT2D eigenvalue weighted by molar-refractivity contribution is -0.384. The number of aryl methyl sites for hydroxylation is 2. The van der Waals surface area contributed by atoms with Gasteiger partial charge in [-0.25, -0.2) is 0 Å². The van der Waals surface area contributed by atoms with E-state index in [4.69, 9.17) is 33.7 Å². The van der Waals surface area contributed by atoms with Gasteiger partial charge < -0.3 is 43.6 Å². The molecule has 0 bridgehead atoms. The number of carbonyl (C=O) groups is 1. The SMILES string of the molecule is C=CCOC12Oc3ccc(Oc4ccc(C)c(C)c4)cc3C3C(CCCCO)C(CCCCO)C=C(C(=NOCc4ccc([N+](=O)[O-])cc4)CC1N(Cc1ccc4c(c1)OCO4)C(=O)C1CC1)C32. The fourth-order valence-electron chi connectivity index (χ4n) is 10.7. The van der Waals surface area contributed by atoms with E-state index in [1.807, 2.05) is 47.4 Å². The molecule has 14 nitrogen and oxygen atoms in total. The van der Waals surface area contributed by atoms with Crippen molar-refractivity contribution in [3.8, 4) is 28.7 Å². The van der Waals surface area contributed by atoms with Gasteiger partial charge in [-0.15, -0.1) is 6.58 Å². The highest BCUT2D eigenvalue weighted by Crippen LogP contribution is 2.62. The maximum atomic E-state index is 15.1. The number of non-ortho nitro benzene ring substituents is 1. The number of aliphatic hydroxyl groups is 2. The molecule has 3 aliphatic carbocycles. The zero-order chi connectivity index (χ0) is 47.4. The molecule has 2 N–H and O–H groups in total. The van der Waals surface area contributed by atoms with Gasteiger partial charge >= 0.3 is 0 Å². The van der Waals surface area contributed by atoms with Crippen LogP contribution in [0.15, 0.2) is 108 Å². The van der Waals surface area contributed by atoms with Crippen LogP contribution in [0, 0.1) is 47.6 Å². The number of ether oxygens (including phenoxy) is 5. The summed E-state index contributed by atoms with van der Waals surface area (Å²) in [7, 11) is 0. The first kappa shape index (κ1) is 46.9. The highest BCUT2D eigenvalue weighted by atomic mass is 16.7. The average Bonchev–Trinajstić information content (AvgIpc) is 4.09. The fourth-order valence-corrected chi connectivity index (χ4v) is 10.7. The molecule has 6 unspecified atom stereocenters. The Balaban J connectivity index is 1.22. The maximum Gasteiger partial charge on any atom is 0.269 e. The molecule has 2 saturated carbocycles. The zero-order valence-electron chi connectivity index (χ0n) is 38.8. The second kappa shape index (κ2) is 20.6. The summed E-state index contributed by atoms with van der Waals surface area (Å²) in [4.78, 5) is 34.2. The Morgan fingerprint density at radius 1 is 0.897 bits per heavy atom. The topological polar surface area (TPSA) is 172 Å². The number of rotatable bonds is 21. The molecule has 6 atom stereocenters. The predicted molar refractivity (Wildman–Crippen MR) is 255 cm³/mol. The lowest BCUT2D eigenvalue weighted by Crippen LogP contribution is -2.70. The molecule has 0 aromatic heterocycles. The number of unbranched alkanes of at least 4 members (excludes halogenated alkanes) is 2. The Morgan fingerprint density at radius 2 is 1.62 bits per heavy atom. The van der Waals surface area contributed by atoms with Crippen LogP contribution in [0.4, 0.5) is 5.69 Å². The van der Waals surface area contributed by atoms with E-state index in [0.29, 0.717) is 52.9 Å². The first-order valence-corrected chi connectivity index (χ1v) is 24.0. The van der Waals surface area contributed by atoms with Crippen molar-refractivity contribution in [3.05, 3.63) is 141 Å². The van der Waals surface area contributed by atoms with Crippen molar-refractivity contribution in [2.75, 3.05) is 26.6 Å². The summed E-state index contributed by atoms with van der Waals surface area (Å²) in [6, 6.07) is 23.3. The van der Waals surface area contributed by atoms with E-state index in [0.717, 1.165) is 60.8 Å². The van der Waals surface area contributed by atoms with Crippen LogP contribution >= 0.6 is 0 Å². The number of carbonyl (C=O) groups excluding carboxylic acids is 1. The number of fused-ring (bicyclic) bond motifs is 3. The van der Waals surface area contributed by atoms with Crippen LogP contribution < -0.4 is 18.9 Å². The number of hydrogen-bond acceptors (Lipinski definition) is 12. The maximum absolute atomic E-state index is 15.1. The number of allylic oxidation sites excluding steroid dienone is 1. The Morgan fingerprint density at radius 3 is 2.35 bits per heavy atom. The van der Waals surface area contributed by atoms with Crippen molar-refractivity contribution in [2.45, 2.75) is 103 Å². The molecular weight excluding hydrogens is 867 g/mol. The van der Waals surface area contributed by atoms with Gasteiger partial charge in [0.05, 0.1) is 23.2 Å². The van der Waals surface area contributed by atoms with Crippen molar-refractivity contribution in [2.24, 2.45) is 28.8 Å². The quantitative estimate of drug-likeness (QED) is 0.0353. The van der Waals surface area contributed by atoms with E-state index < -0.39 is 22.7 Å². The van der Waals surface area contributed by atoms with Gasteiger partial charge in [0, 0.05) is 55.7 Å². The van der Waals surface area contributed by atoms with Crippen molar-refractivity contribution >= 4 is 17.3 Å². The minimum Gasteiger partial charge on any atom is -0.459 e. The molecule has 4 aromatic rings. The van der Waals surface area contributed by atoms with E-state index in [9.17, 15) is 20.3 Å². The third-order valence-corrected chi connectivity index (χ3v) is 14.3. The number of nitrogens with zero attached hydrogens (tertiary/aromatic N) is 3. The van der Waals surface area contributed by atoms with Crippen molar-refractivity contribution in [1.82, 2.24) is 4.90 Å². The second-order valence-corrected chi connectivity index (χ2v) is 18.7. The third kappa shape index (κ3) is 9.72. The molecular formula is C54H61N3O11. The summed E-state index contributed by atoms with van der Waals surface area (Å²) in [5.41, 5.74) is 6.33. The standard InChI is InChI=1S/C54H61N3O11/c1-4-25-65-54-50(56(53(60)38-15-16-38)31-37-14-21-48-49(27-37)64-33-63-48)30-46(55-66-32-36-12-17-40(18-13-36)57(61)62)44-28-39(9-5-7-23-58)43(10-6-8-24-59)51(52(44)54)45-29-42(20-22-47(45)68-54)67-41-19-11-34(2)35(3)26-41/h4,11-14,17-22,26-29,38-39,43,50-52,58-59H,1,5-10,15-16,23-25,30-33H2,2-3H3. The van der Waals surface area contributed by atoms with Crippen molar-refractivity contribution < 1.29 is 48.5 Å². The molecule has 68 heavy (non-hydrogen) atoms. The number of amides is 1. The molecule has 2 heterocycles. The van der Waals surface area contributed by atoms with Crippen LogP contribution in [0.5, 0.6) is 28.7 Å². The lowest BCUT2D eigenvalue weighted by atomic mass is 9.55. The summed E-state index contributed by atoms with van der Waals surface area (Å²) in [5, 5.41) is 36.5. The van der Waals surface area contributed by atoms with Gasteiger partial charge in [0.25, 0.3) is 5.69 Å². The van der Waals surface area contributed by atoms with Gasteiger partial charge in [0.2, 0.25) is 18.5 Å². The molecule has 14 heteroatoms. The molecule has 4 aromatic carbocycles. The van der Waals surface area contributed by atoms with Gasteiger partial charge in [-0.2, -0.15) is 0 Å². The van der Waals surface area contributed by atoms with E-state index in [2.05, 4.69) is 38.6 Å². The number of hydrogen-bond donors (Lipinski definition) is 2. The zero-order valence-corrected chi connectivity index (χ0v) is 38.8. The minimum atomic E-state index is -1.45. The molecule has 5 aliphatic rings. The number of benzene rings is 4. The summed E-state index contributed by atoms with van der Waals surface area (Å²) in [6.07, 6.45) is 10.2. The molecule has 2 fully saturated rings. The van der Waals surface area contributed by atoms with Gasteiger partial charge in [0.1, 0.15) is 29.9 Å². The van der Waals surface area contributed by atoms with Crippen molar-refractivity contribution in [3.63, 3.8) is 0 Å². The normalized spacial score (nSPS) is 23.7. The third-order valence-electron chi connectivity index (χ3n) is 14.3. The summed E-state index contributed by atoms with van der Waals surface area (Å²) in [5.74, 6) is 0.905. The van der Waals surface area contributed by atoms with Crippen LogP contribution in [0.3, 0.4) is 0 Å². The first-order valence-electron chi connectivity index (χ1n) is 24.0. The summed E-state index contributed by atoms with van der Waals surface area (Å²) < 4.78 is 32.8. The van der Waals surface area contributed by atoms with E-state index in [1.54, 1.807) is 18.2 Å². The van der Waals surface area contributed by atoms with Gasteiger partial charge in [-0.3, -0.25) is 14.9 Å². The largest absolute Gasteiger partial charge is 0.459 e. The lowest BCUT2D eigenvalue weighted by Gasteiger charge is -2.60. The predicted octanol–water partition coefficient (Wildman–Crippen LogP) is 10.0. The van der Waals surface area contributed by atoms with Crippen LogP contribution in [-0.2, 0) is 27.5 Å². The second-order valence-electron chi connectivity index (χ2n) is 18.7. The van der Waals surface area contributed by atoms with Gasteiger partial charge in [-0.1, -0.05) is 42.3 Å². The Bertz CT molecular complexity index is 2560. The molecule has 0 spiro atoms. The number of oxime groups is 1. The highest BCUT2D eigenvalue weighted by molar-refractivity contribution is 6.03. The number of aliphatic hydroxyl groups excluding tert-OH is 2. The Kier molecular flexibility index (Phi) is 14.2. The van der Waals surface area contributed by atoms with Crippen LogP contribution in [0.25, 0.3) is 0 Å². The number of nitro benzene ring substituents is 1. The monoisotopic (exact) mass is 927 g/mol. The first-order chi connectivity index (χ1) is 33.1. The van der Waals surface area contributed by atoms with E-state index in [-0.39, 0.29) is 81.5 Å². The molecule has 9 rings (SSSR count). The Labute approximate surface area is 397 Å². The molecule has 358 valence electrons. The fraction of sp³-hybridized carbons (Fsp3) is 0.444. The molecule has 1 amide bonds. The van der Waals surface area contributed by atoms with Gasteiger partial charge in [-0.05, 0) is 147 Å². The van der Waals surface area contributed by atoms with Gasteiger partial charge in [0.15, 0.2) is 11.5 Å². The summed E-state index contributed by atoms with van der Waals surface area (Å²) >= 11 is 0. The number of nitro groups is 1. The highest BCUT2D eigenvalue weighted by Gasteiger charge is 2.66. The van der Waals surface area contributed by atoms with E-state index >= 15 is 4.79 Å². The average molecular weight is 928 g/mol.